The highest BCUT2D eigenvalue weighted by Crippen LogP contribution is 2.28. The van der Waals surface area contributed by atoms with Crippen LogP contribution in [0.5, 0.6) is 17.4 Å². The van der Waals surface area contributed by atoms with E-state index in [1.807, 2.05) is 54.6 Å². The molecule has 0 unspecified atom stereocenters. The van der Waals surface area contributed by atoms with Gasteiger partial charge in [0.05, 0.1) is 26.5 Å². The van der Waals surface area contributed by atoms with Gasteiger partial charge in [-0.05, 0) is 48.0 Å². The summed E-state index contributed by atoms with van der Waals surface area (Å²) in [5.74, 6) is 2.16. The van der Waals surface area contributed by atoms with Gasteiger partial charge < -0.3 is 19.5 Å². The van der Waals surface area contributed by atoms with E-state index >= 15 is 0 Å². The Balaban J connectivity index is 1.41. The molecule has 0 spiro atoms. The van der Waals surface area contributed by atoms with Crippen molar-refractivity contribution in [3.05, 3.63) is 96.2 Å². The first-order valence-electron chi connectivity index (χ1n) is 10.8. The Kier molecular flexibility index (Phi) is 7.35. The summed E-state index contributed by atoms with van der Waals surface area (Å²) < 4.78 is 16.5. The van der Waals surface area contributed by atoms with E-state index in [4.69, 9.17) is 14.2 Å². The molecule has 0 aliphatic carbocycles. The van der Waals surface area contributed by atoms with Crippen molar-refractivity contribution in [2.75, 3.05) is 26.1 Å². The third kappa shape index (κ3) is 5.69. The Morgan fingerprint density at radius 1 is 0.882 bits per heavy atom. The Hall–Kier alpha value is -4.39. The number of carbonyl (C=O) groups is 1. The molecule has 2 aromatic heterocycles. The van der Waals surface area contributed by atoms with Crippen LogP contribution in [0.2, 0.25) is 0 Å². The van der Waals surface area contributed by atoms with E-state index < -0.39 is 0 Å². The molecule has 0 fully saturated rings. The van der Waals surface area contributed by atoms with Crippen molar-refractivity contribution in [1.82, 2.24) is 9.97 Å². The number of anilines is 1. The topological polar surface area (TPSA) is 82.6 Å². The van der Waals surface area contributed by atoms with Crippen molar-refractivity contribution in [3.8, 4) is 28.6 Å². The summed E-state index contributed by atoms with van der Waals surface area (Å²) in [6.45, 7) is 0.457. The Labute approximate surface area is 198 Å². The number of amides is 1. The van der Waals surface area contributed by atoms with Crippen LogP contribution in [0, 0.1) is 0 Å². The maximum Gasteiger partial charge on any atom is 0.256 e. The number of pyridine rings is 2. The highest BCUT2D eigenvalue weighted by atomic mass is 16.5. The van der Waals surface area contributed by atoms with Crippen LogP contribution in [0.4, 0.5) is 5.82 Å². The monoisotopic (exact) mass is 455 g/mol. The molecule has 0 aliphatic rings. The molecule has 172 valence electrons. The summed E-state index contributed by atoms with van der Waals surface area (Å²) in [6, 6.07) is 24.0. The van der Waals surface area contributed by atoms with Crippen LogP contribution in [-0.2, 0) is 6.42 Å². The number of hydrogen-bond acceptors (Lipinski definition) is 6. The number of methoxy groups -OCH3 is 2. The fraction of sp³-hybridized carbons (Fsp3) is 0.148. The number of nitrogens with one attached hydrogen (secondary N) is 1. The van der Waals surface area contributed by atoms with Gasteiger partial charge in [-0.25, -0.2) is 9.97 Å². The normalized spacial score (nSPS) is 10.4. The van der Waals surface area contributed by atoms with E-state index in [1.54, 1.807) is 44.7 Å². The van der Waals surface area contributed by atoms with Gasteiger partial charge >= 0.3 is 0 Å². The highest BCUT2D eigenvalue weighted by Gasteiger charge is 2.10. The summed E-state index contributed by atoms with van der Waals surface area (Å²) in [4.78, 5) is 21.4. The minimum Gasteiger partial charge on any atom is -0.493 e. The lowest BCUT2D eigenvalue weighted by molar-refractivity contribution is 0.102. The van der Waals surface area contributed by atoms with Crippen molar-refractivity contribution in [2.24, 2.45) is 0 Å². The summed E-state index contributed by atoms with van der Waals surface area (Å²) >= 11 is 0. The summed E-state index contributed by atoms with van der Waals surface area (Å²) in [7, 11) is 3.23. The molecule has 1 N–H and O–H groups in total. The van der Waals surface area contributed by atoms with Crippen LogP contribution in [0.25, 0.3) is 11.3 Å². The Bertz CT molecular complexity index is 1260. The van der Waals surface area contributed by atoms with E-state index in [-0.39, 0.29) is 5.91 Å². The Morgan fingerprint density at radius 3 is 2.53 bits per heavy atom. The first-order valence-corrected chi connectivity index (χ1v) is 10.8. The van der Waals surface area contributed by atoms with Gasteiger partial charge in [0.1, 0.15) is 5.82 Å². The molecule has 0 bridgehead atoms. The molecule has 2 aromatic carbocycles. The Morgan fingerprint density at radius 2 is 1.74 bits per heavy atom. The molecule has 0 saturated carbocycles. The van der Waals surface area contributed by atoms with Gasteiger partial charge in [0.25, 0.3) is 5.91 Å². The lowest BCUT2D eigenvalue weighted by Gasteiger charge is -2.11. The van der Waals surface area contributed by atoms with Crippen LogP contribution >= 0.6 is 0 Å². The van der Waals surface area contributed by atoms with Crippen LogP contribution in [0.1, 0.15) is 15.9 Å². The van der Waals surface area contributed by atoms with Crippen LogP contribution in [0.3, 0.4) is 0 Å². The molecular formula is C27H25N3O4. The molecule has 4 rings (SSSR count). The SMILES string of the molecule is COc1ccc(CCOc2cccc(-c3cccc(C(=O)Nc4ccccn4)c3)n2)cc1OC. The fourth-order valence-electron chi connectivity index (χ4n) is 3.41. The molecule has 0 atom stereocenters. The second kappa shape index (κ2) is 11.0. The van der Waals surface area contributed by atoms with Gasteiger partial charge in [0.2, 0.25) is 5.88 Å². The van der Waals surface area contributed by atoms with Gasteiger partial charge in [0.15, 0.2) is 11.5 Å². The van der Waals surface area contributed by atoms with Crippen LogP contribution < -0.4 is 19.5 Å². The molecule has 0 radical (unpaired) electrons. The average Bonchev–Trinajstić information content (AvgIpc) is 2.89. The van der Waals surface area contributed by atoms with Gasteiger partial charge in [-0.15, -0.1) is 0 Å². The molecular weight excluding hydrogens is 430 g/mol. The molecule has 4 aromatic rings. The number of rotatable bonds is 9. The van der Waals surface area contributed by atoms with Crippen LogP contribution in [-0.4, -0.2) is 36.7 Å². The number of benzene rings is 2. The summed E-state index contributed by atoms with van der Waals surface area (Å²) in [6.07, 6.45) is 2.32. The van der Waals surface area contributed by atoms with Crippen molar-refractivity contribution in [3.63, 3.8) is 0 Å². The molecule has 0 saturated heterocycles. The van der Waals surface area contributed by atoms with E-state index in [2.05, 4.69) is 15.3 Å². The third-order valence-corrected chi connectivity index (χ3v) is 5.14. The van der Waals surface area contributed by atoms with Crippen molar-refractivity contribution >= 4 is 11.7 Å². The zero-order valence-corrected chi connectivity index (χ0v) is 19.0. The minimum absolute atomic E-state index is 0.233. The van der Waals surface area contributed by atoms with Gasteiger partial charge in [-0.3, -0.25) is 4.79 Å². The lowest BCUT2D eigenvalue weighted by Crippen LogP contribution is -2.12. The minimum atomic E-state index is -0.233. The number of carbonyl (C=O) groups excluding carboxylic acids is 1. The number of nitrogens with zero attached hydrogens (tertiary/aromatic N) is 2. The first-order chi connectivity index (χ1) is 16.7. The standard InChI is InChI=1S/C27H25N3O4/c1-32-23-13-12-19(17-24(23)33-2)14-16-34-26-11-6-9-22(29-26)20-7-5-8-21(18-20)27(31)30-25-10-3-4-15-28-25/h3-13,15,17-18H,14,16H2,1-2H3,(H,28,30,31). The molecule has 0 aliphatic heterocycles. The van der Waals surface area contributed by atoms with Crippen molar-refractivity contribution in [1.29, 1.82) is 0 Å². The molecule has 7 nitrogen and oxygen atoms in total. The molecule has 1 amide bonds. The predicted molar refractivity (Wildman–Crippen MR) is 131 cm³/mol. The van der Waals surface area contributed by atoms with Crippen molar-refractivity contribution < 1.29 is 19.0 Å². The zero-order valence-electron chi connectivity index (χ0n) is 19.0. The van der Waals surface area contributed by atoms with Crippen LogP contribution in [0.15, 0.2) is 85.1 Å². The maximum atomic E-state index is 12.6. The van der Waals surface area contributed by atoms with E-state index in [1.165, 1.54) is 0 Å². The smallest absolute Gasteiger partial charge is 0.256 e. The van der Waals surface area contributed by atoms with Gasteiger partial charge in [-0.1, -0.05) is 30.3 Å². The van der Waals surface area contributed by atoms with E-state index in [9.17, 15) is 4.79 Å². The summed E-state index contributed by atoms with van der Waals surface area (Å²) in [5, 5.41) is 2.80. The van der Waals surface area contributed by atoms with E-state index in [0.717, 1.165) is 16.8 Å². The van der Waals surface area contributed by atoms with Gasteiger partial charge in [-0.2, -0.15) is 0 Å². The quantitative estimate of drug-likeness (QED) is 0.381. The molecule has 34 heavy (non-hydrogen) atoms. The van der Waals surface area contributed by atoms with Crippen molar-refractivity contribution in [2.45, 2.75) is 6.42 Å². The number of aromatic nitrogens is 2. The van der Waals surface area contributed by atoms with E-state index in [0.29, 0.717) is 41.8 Å². The summed E-state index contributed by atoms with van der Waals surface area (Å²) in [5.41, 5.74) is 3.13. The number of ether oxygens (including phenoxy) is 3. The average molecular weight is 456 g/mol. The largest absolute Gasteiger partial charge is 0.493 e. The zero-order chi connectivity index (χ0) is 23.8. The number of hydrogen-bond donors (Lipinski definition) is 1. The second-order valence-electron chi connectivity index (χ2n) is 7.40. The fourth-order valence-corrected chi connectivity index (χ4v) is 3.41. The third-order valence-electron chi connectivity index (χ3n) is 5.14. The van der Waals surface area contributed by atoms with Gasteiger partial charge in [0, 0.05) is 29.8 Å². The molecule has 2 heterocycles. The second-order valence-corrected chi connectivity index (χ2v) is 7.40. The maximum absolute atomic E-state index is 12.6. The predicted octanol–water partition coefficient (Wildman–Crippen LogP) is 5.03. The molecule has 7 heteroatoms. The first kappa shape index (κ1) is 22.8. The highest BCUT2D eigenvalue weighted by molar-refractivity contribution is 6.04. The lowest BCUT2D eigenvalue weighted by atomic mass is 10.1.